The molecule has 2 heterocycles. The predicted octanol–water partition coefficient (Wildman–Crippen LogP) is 7.28. The van der Waals surface area contributed by atoms with Crippen molar-refractivity contribution >= 4 is 17.1 Å². The molecule has 0 amide bonds. The Morgan fingerprint density at radius 3 is 1.71 bits per heavy atom. The number of hydrogen-bond donors (Lipinski definition) is 0. The van der Waals surface area contributed by atoms with E-state index in [-0.39, 0.29) is 0 Å². The van der Waals surface area contributed by atoms with Crippen LogP contribution in [-0.4, -0.2) is 9.97 Å². The summed E-state index contributed by atoms with van der Waals surface area (Å²) in [5.41, 5.74) is 7.03. The molecule has 5 rings (SSSR count). The SMILES string of the molecule is c1ccc(N(c2ccccc2)c2cccc(-c3cccc(-c4ccccn4)n3)c2)cc1. The third kappa shape index (κ3) is 4.07. The standard InChI is InChI=1S/C28H21N3/c1-3-12-23(13-4-1)31(24-14-5-2-6-15-24)25-16-9-11-22(21-25)26-18-10-19-28(30-26)27-17-7-8-20-29-27/h1-21H. The van der Waals surface area contributed by atoms with Gasteiger partial charge < -0.3 is 4.90 Å². The number of rotatable bonds is 5. The van der Waals surface area contributed by atoms with Crippen LogP contribution < -0.4 is 4.90 Å². The molecule has 3 heteroatoms. The zero-order valence-electron chi connectivity index (χ0n) is 17.0. The minimum Gasteiger partial charge on any atom is -0.310 e. The Morgan fingerprint density at radius 1 is 0.452 bits per heavy atom. The highest BCUT2D eigenvalue weighted by atomic mass is 15.1. The van der Waals surface area contributed by atoms with Crippen LogP contribution in [0.2, 0.25) is 0 Å². The van der Waals surface area contributed by atoms with Gasteiger partial charge in [0.2, 0.25) is 0 Å². The van der Waals surface area contributed by atoms with Crippen LogP contribution in [0.1, 0.15) is 0 Å². The van der Waals surface area contributed by atoms with E-state index in [4.69, 9.17) is 4.98 Å². The second-order valence-corrected chi connectivity index (χ2v) is 7.18. The van der Waals surface area contributed by atoms with Gasteiger partial charge in [-0.25, -0.2) is 4.98 Å². The van der Waals surface area contributed by atoms with Gasteiger partial charge in [-0.1, -0.05) is 60.7 Å². The van der Waals surface area contributed by atoms with Crippen molar-refractivity contribution in [3.05, 3.63) is 128 Å². The van der Waals surface area contributed by atoms with Gasteiger partial charge in [-0.05, 0) is 60.7 Å². The highest BCUT2D eigenvalue weighted by molar-refractivity contribution is 5.79. The summed E-state index contributed by atoms with van der Waals surface area (Å²) in [5.74, 6) is 0. The average molecular weight is 399 g/mol. The van der Waals surface area contributed by atoms with Crippen molar-refractivity contribution in [2.45, 2.75) is 0 Å². The minimum absolute atomic E-state index is 0.867. The van der Waals surface area contributed by atoms with Crippen molar-refractivity contribution in [1.29, 1.82) is 0 Å². The first-order valence-corrected chi connectivity index (χ1v) is 10.3. The zero-order chi connectivity index (χ0) is 20.9. The number of anilines is 3. The van der Waals surface area contributed by atoms with Crippen LogP contribution in [-0.2, 0) is 0 Å². The average Bonchev–Trinajstić information content (AvgIpc) is 2.86. The molecule has 0 spiro atoms. The van der Waals surface area contributed by atoms with E-state index in [1.165, 1.54) is 0 Å². The maximum atomic E-state index is 4.88. The molecule has 31 heavy (non-hydrogen) atoms. The van der Waals surface area contributed by atoms with Gasteiger partial charge in [0.25, 0.3) is 0 Å². The first kappa shape index (κ1) is 18.8. The van der Waals surface area contributed by atoms with Gasteiger partial charge in [0, 0.05) is 28.8 Å². The largest absolute Gasteiger partial charge is 0.310 e. The molecule has 0 N–H and O–H groups in total. The lowest BCUT2D eigenvalue weighted by atomic mass is 10.1. The lowest BCUT2D eigenvalue weighted by molar-refractivity contribution is 1.24. The van der Waals surface area contributed by atoms with Gasteiger partial charge in [0.1, 0.15) is 0 Å². The highest BCUT2D eigenvalue weighted by Crippen LogP contribution is 2.36. The van der Waals surface area contributed by atoms with E-state index in [0.717, 1.165) is 39.7 Å². The first-order chi connectivity index (χ1) is 15.4. The number of hydrogen-bond acceptors (Lipinski definition) is 3. The molecule has 0 fully saturated rings. The number of nitrogens with zero attached hydrogens (tertiary/aromatic N) is 3. The number of para-hydroxylation sites is 2. The Bertz CT molecular complexity index is 1230. The molecule has 2 aromatic heterocycles. The quantitative estimate of drug-likeness (QED) is 0.311. The monoisotopic (exact) mass is 399 g/mol. The van der Waals surface area contributed by atoms with Crippen LogP contribution in [0.25, 0.3) is 22.6 Å². The van der Waals surface area contributed by atoms with E-state index in [0.29, 0.717) is 0 Å². The molecular formula is C28H21N3. The summed E-state index contributed by atoms with van der Waals surface area (Å²) in [6.07, 6.45) is 1.79. The van der Waals surface area contributed by atoms with Gasteiger partial charge in [0.05, 0.1) is 17.1 Å². The molecule has 0 bridgehead atoms. The summed E-state index contributed by atoms with van der Waals surface area (Å²) in [4.78, 5) is 11.6. The van der Waals surface area contributed by atoms with Gasteiger partial charge in [-0.15, -0.1) is 0 Å². The molecule has 148 valence electrons. The maximum absolute atomic E-state index is 4.88. The lowest BCUT2D eigenvalue weighted by Crippen LogP contribution is -2.09. The van der Waals surface area contributed by atoms with Gasteiger partial charge in [-0.2, -0.15) is 0 Å². The van der Waals surface area contributed by atoms with Crippen molar-refractivity contribution < 1.29 is 0 Å². The summed E-state index contributed by atoms with van der Waals surface area (Å²) in [7, 11) is 0. The van der Waals surface area contributed by atoms with Crippen LogP contribution in [0.5, 0.6) is 0 Å². The minimum atomic E-state index is 0.867. The first-order valence-electron chi connectivity index (χ1n) is 10.3. The molecular weight excluding hydrogens is 378 g/mol. The smallest absolute Gasteiger partial charge is 0.0893 e. The Morgan fingerprint density at radius 2 is 1.03 bits per heavy atom. The summed E-state index contributed by atoms with van der Waals surface area (Å²) < 4.78 is 0. The number of aromatic nitrogens is 2. The van der Waals surface area contributed by atoms with E-state index in [9.17, 15) is 0 Å². The molecule has 0 aliphatic rings. The molecule has 5 aromatic rings. The second-order valence-electron chi connectivity index (χ2n) is 7.18. The predicted molar refractivity (Wildman–Crippen MR) is 128 cm³/mol. The van der Waals surface area contributed by atoms with E-state index in [2.05, 4.69) is 82.7 Å². The van der Waals surface area contributed by atoms with Crippen molar-refractivity contribution in [2.75, 3.05) is 4.90 Å². The van der Waals surface area contributed by atoms with Gasteiger partial charge in [0.15, 0.2) is 0 Å². The highest BCUT2D eigenvalue weighted by Gasteiger charge is 2.13. The van der Waals surface area contributed by atoms with E-state index >= 15 is 0 Å². The molecule has 0 atom stereocenters. The molecule has 0 saturated carbocycles. The van der Waals surface area contributed by atoms with E-state index < -0.39 is 0 Å². The normalized spacial score (nSPS) is 10.6. The van der Waals surface area contributed by atoms with Crippen molar-refractivity contribution in [3.63, 3.8) is 0 Å². The summed E-state index contributed by atoms with van der Waals surface area (Å²) in [6, 6.07) is 41.3. The lowest BCUT2D eigenvalue weighted by Gasteiger charge is -2.25. The fraction of sp³-hybridized carbons (Fsp3) is 0. The van der Waals surface area contributed by atoms with Gasteiger partial charge >= 0.3 is 0 Å². The Kier molecular flexibility index (Phi) is 5.23. The second kappa shape index (κ2) is 8.64. The fourth-order valence-corrected chi connectivity index (χ4v) is 3.66. The van der Waals surface area contributed by atoms with Crippen molar-refractivity contribution in [2.24, 2.45) is 0 Å². The summed E-state index contributed by atoms with van der Waals surface area (Å²) in [5, 5.41) is 0. The van der Waals surface area contributed by atoms with Crippen LogP contribution >= 0.6 is 0 Å². The van der Waals surface area contributed by atoms with Crippen molar-refractivity contribution in [1.82, 2.24) is 9.97 Å². The summed E-state index contributed by atoms with van der Waals surface area (Å²) in [6.45, 7) is 0. The Balaban J connectivity index is 1.58. The Hall–Kier alpha value is -4.24. The summed E-state index contributed by atoms with van der Waals surface area (Å²) >= 11 is 0. The Labute approximate surface area is 182 Å². The molecule has 0 radical (unpaired) electrons. The number of pyridine rings is 2. The van der Waals surface area contributed by atoms with Crippen LogP contribution in [0, 0.1) is 0 Å². The van der Waals surface area contributed by atoms with E-state index in [1.54, 1.807) is 6.20 Å². The third-order valence-corrected chi connectivity index (χ3v) is 5.11. The third-order valence-electron chi connectivity index (χ3n) is 5.11. The number of benzene rings is 3. The molecule has 0 aliphatic carbocycles. The molecule has 3 aromatic carbocycles. The zero-order valence-corrected chi connectivity index (χ0v) is 17.0. The molecule has 0 unspecified atom stereocenters. The van der Waals surface area contributed by atoms with Crippen molar-refractivity contribution in [3.8, 4) is 22.6 Å². The van der Waals surface area contributed by atoms with Crippen LogP contribution in [0.4, 0.5) is 17.1 Å². The van der Waals surface area contributed by atoms with Crippen LogP contribution in [0.3, 0.4) is 0 Å². The molecule has 0 saturated heterocycles. The van der Waals surface area contributed by atoms with E-state index in [1.807, 2.05) is 48.5 Å². The topological polar surface area (TPSA) is 29.0 Å². The fourth-order valence-electron chi connectivity index (χ4n) is 3.66. The van der Waals surface area contributed by atoms with Crippen LogP contribution in [0.15, 0.2) is 128 Å². The maximum Gasteiger partial charge on any atom is 0.0893 e. The van der Waals surface area contributed by atoms with Gasteiger partial charge in [-0.3, -0.25) is 4.98 Å². The molecule has 0 aliphatic heterocycles. The molecule has 3 nitrogen and oxygen atoms in total.